The lowest BCUT2D eigenvalue weighted by molar-refractivity contribution is 0.287. The standard InChI is InChI=1S/C24H24N4O2/c1-15-10-11-20(12-16(15)2)26-24-25-17(3)13-22(28-24)29-14-21-18(4)30-23(27-21)19-8-6-5-7-9-19/h5-13H,14H2,1-4H3,(H,25,26,28). The van der Waals surface area contributed by atoms with Crippen LogP contribution in [0.25, 0.3) is 11.5 Å². The molecule has 0 saturated heterocycles. The number of oxazole rings is 1. The van der Waals surface area contributed by atoms with E-state index < -0.39 is 0 Å². The molecule has 30 heavy (non-hydrogen) atoms. The van der Waals surface area contributed by atoms with E-state index in [0.29, 0.717) is 17.7 Å². The Labute approximate surface area is 176 Å². The molecule has 2 aromatic heterocycles. The smallest absolute Gasteiger partial charge is 0.230 e. The van der Waals surface area contributed by atoms with Gasteiger partial charge in [-0.15, -0.1) is 0 Å². The largest absolute Gasteiger partial charge is 0.471 e. The quantitative estimate of drug-likeness (QED) is 0.448. The van der Waals surface area contributed by atoms with E-state index >= 15 is 0 Å². The van der Waals surface area contributed by atoms with Gasteiger partial charge in [0, 0.05) is 23.0 Å². The Kier molecular flexibility index (Phi) is 5.48. The van der Waals surface area contributed by atoms with Gasteiger partial charge in [0.2, 0.25) is 17.7 Å². The van der Waals surface area contributed by atoms with Crippen molar-refractivity contribution in [2.75, 3.05) is 5.32 Å². The fraction of sp³-hybridized carbons (Fsp3) is 0.208. The summed E-state index contributed by atoms with van der Waals surface area (Å²) in [5.41, 5.74) is 5.88. The maximum atomic E-state index is 5.91. The van der Waals surface area contributed by atoms with Crippen molar-refractivity contribution < 1.29 is 9.15 Å². The Morgan fingerprint density at radius 3 is 2.43 bits per heavy atom. The van der Waals surface area contributed by atoms with Gasteiger partial charge >= 0.3 is 0 Å². The molecule has 0 bridgehead atoms. The van der Waals surface area contributed by atoms with Crippen LogP contribution in [-0.4, -0.2) is 15.0 Å². The molecule has 0 amide bonds. The second-order valence-corrected chi connectivity index (χ2v) is 7.27. The van der Waals surface area contributed by atoms with Crippen LogP contribution in [0.4, 0.5) is 11.6 Å². The summed E-state index contributed by atoms with van der Waals surface area (Å²) in [4.78, 5) is 13.5. The second-order valence-electron chi connectivity index (χ2n) is 7.27. The van der Waals surface area contributed by atoms with Crippen molar-refractivity contribution in [1.29, 1.82) is 0 Å². The average molecular weight is 400 g/mol. The molecular formula is C24H24N4O2. The Hall–Kier alpha value is -3.67. The zero-order valence-electron chi connectivity index (χ0n) is 17.6. The number of aryl methyl sites for hydroxylation is 4. The highest BCUT2D eigenvalue weighted by Crippen LogP contribution is 2.23. The van der Waals surface area contributed by atoms with Crippen molar-refractivity contribution in [2.45, 2.75) is 34.3 Å². The van der Waals surface area contributed by atoms with Gasteiger partial charge in [0.25, 0.3) is 0 Å². The van der Waals surface area contributed by atoms with Gasteiger partial charge in [-0.1, -0.05) is 24.3 Å². The van der Waals surface area contributed by atoms with E-state index in [-0.39, 0.29) is 6.61 Å². The number of benzene rings is 2. The summed E-state index contributed by atoms with van der Waals surface area (Å²) >= 11 is 0. The molecule has 1 N–H and O–H groups in total. The van der Waals surface area contributed by atoms with Gasteiger partial charge in [0.15, 0.2) is 0 Å². The zero-order chi connectivity index (χ0) is 21.1. The van der Waals surface area contributed by atoms with E-state index in [9.17, 15) is 0 Å². The van der Waals surface area contributed by atoms with Gasteiger partial charge in [-0.3, -0.25) is 0 Å². The van der Waals surface area contributed by atoms with Crippen LogP contribution >= 0.6 is 0 Å². The first-order valence-electron chi connectivity index (χ1n) is 9.82. The molecule has 2 heterocycles. The number of aromatic nitrogens is 3. The van der Waals surface area contributed by atoms with Gasteiger partial charge in [-0.25, -0.2) is 9.97 Å². The number of rotatable bonds is 6. The van der Waals surface area contributed by atoms with Crippen LogP contribution in [0.1, 0.15) is 28.3 Å². The lowest BCUT2D eigenvalue weighted by Crippen LogP contribution is -2.04. The number of nitrogens with zero attached hydrogens (tertiary/aromatic N) is 3. The number of ether oxygens (including phenoxy) is 1. The third-order valence-electron chi connectivity index (χ3n) is 4.86. The summed E-state index contributed by atoms with van der Waals surface area (Å²) in [7, 11) is 0. The molecule has 0 fully saturated rings. The van der Waals surface area contributed by atoms with Crippen LogP contribution in [0, 0.1) is 27.7 Å². The SMILES string of the molecule is Cc1cc(OCc2nc(-c3ccccc3)oc2C)nc(Nc2ccc(C)c(C)c2)n1. The van der Waals surface area contributed by atoms with E-state index in [2.05, 4.69) is 46.2 Å². The third-order valence-corrected chi connectivity index (χ3v) is 4.86. The van der Waals surface area contributed by atoms with Crippen molar-refractivity contribution in [3.63, 3.8) is 0 Å². The second kappa shape index (κ2) is 8.37. The lowest BCUT2D eigenvalue weighted by Gasteiger charge is -2.10. The van der Waals surface area contributed by atoms with Crippen LogP contribution in [-0.2, 0) is 6.61 Å². The topological polar surface area (TPSA) is 73.1 Å². The number of hydrogen-bond acceptors (Lipinski definition) is 6. The van der Waals surface area contributed by atoms with E-state index in [1.165, 1.54) is 11.1 Å². The number of nitrogens with one attached hydrogen (secondary N) is 1. The molecule has 0 aliphatic heterocycles. The molecule has 0 spiro atoms. The van der Waals surface area contributed by atoms with E-state index in [4.69, 9.17) is 9.15 Å². The van der Waals surface area contributed by atoms with Crippen LogP contribution in [0.3, 0.4) is 0 Å². The summed E-state index contributed by atoms with van der Waals surface area (Å²) in [6.45, 7) is 8.23. The summed E-state index contributed by atoms with van der Waals surface area (Å²) < 4.78 is 11.7. The van der Waals surface area contributed by atoms with Crippen LogP contribution < -0.4 is 10.1 Å². The minimum absolute atomic E-state index is 0.266. The van der Waals surface area contributed by atoms with E-state index in [1.54, 1.807) is 6.07 Å². The van der Waals surface area contributed by atoms with Gasteiger partial charge in [0.1, 0.15) is 18.1 Å². The summed E-state index contributed by atoms with van der Waals surface area (Å²) in [5, 5.41) is 3.25. The first kappa shape index (κ1) is 19.6. The molecular weight excluding hydrogens is 376 g/mol. The maximum absolute atomic E-state index is 5.91. The van der Waals surface area contributed by atoms with Crippen molar-refractivity contribution in [3.8, 4) is 17.3 Å². The minimum Gasteiger partial charge on any atom is -0.471 e. The molecule has 6 nitrogen and oxygen atoms in total. The lowest BCUT2D eigenvalue weighted by atomic mass is 10.1. The van der Waals surface area contributed by atoms with Gasteiger partial charge in [-0.05, 0) is 63.1 Å². The van der Waals surface area contributed by atoms with Crippen LogP contribution in [0.15, 0.2) is 59.0 Å². The third kappa shape index (κ3) is 4.49. The summed E-state index contributed by atoms with van der Waals surface area (Å²) in [6.07, 6.45) is 0. The van der Waals surface area contributed by atoms with Crippen molar-refractivity contribution >= 4 is 11.6 Å². The van der Waals surface area contributed by atoms with Gasteiger partial charge < -0.3 is 14.5 Å². The Bertz CT molecular complexity index is 1170. The molecule has 0 atom stereocenters. The molecule has 0 radical (unpaired) electrons. The molecule has 4 aromatic rings. The fourth-order valence-electron chi connectivity index (χ4n) is 3.03. The molecule has 0 unspecified atom stereocenters. The van der Waals surface area contributed by atoms with Crippen molar-refractivity contribution in [2.24, 2.45) is 0 Å². The molecule has 6 heteroatoms. The monoisotopic (exact) mass is 400 g/mol. The van der Waals surface area contributed by atoms with E-state index in [1.807, 2.05) is 50.2 Å². The molecule has 2 aromatic carbocycles. The summed E-state index contributed by atoms with van der Waals surface area (Å²) in [5.74, 6) is 2.29. The molecule has 0 saturated carbocycles. The number of hydrogen-bond donors (Lipinski definition) is 1. The summed E-state index contributed by atoms with van der Waals surface area (Å²) in [6, 6.07) is 17.8. The fourth-order valence-corrected chi connectivity index (χ4v) is 3.03. The predicted octanol–water partition coefficient (Wildman–Crippen LogP) is 5.69. The van der Waals surface area contributed by atoms with Gasteiger partial charge in [0.05, 0.1) is 0 Å². The van der Waals surface area contributed by atoms with Crippen LogP contribution in [0.2, 0.25) is 0 Å². The van der Waals surface area contributed by atoms with E-state index in [0.717, 1.165) is 28.4 Å². The van der Waals surface area contributed by atoms with Crippen LogP contribution in [0.5, 0.6) is 5.88 Å². The van der Waals surface area contributed by atoms with Crippen molar-refractivity contribution in [3.05, 3.63) is 82.9 Å². The molecule has 152 valence electrons. The van der Waals surface area contributed by atoms with Crippen molar-refractivity contribution in [1.82, 2.24) is 15.0 Å². The van der Waals surface area contributed by atoms with Gasteiger partial charge in [-0.2, -0.15) is 4.98 Å². The molecule has 0 aliphatic rings. The highest BCUT2D eigenvalue weighted by molar-refractivity contribution is 5.56. The first-order valence-corrected chi connectivity index (χ1v) is 9.82. The Morgan fingerprint density at radius 2 is 1.67 bits per heavy atom. The normalized spacial score (nSPS) is 10.8. The maximum Gasteiger partial charge on any atom is 0.230 e. The predicted molar refractivity (Wildman–Crippen MR) is 117 cm³/mol. The minimum atomic E-state index is 0.266. The Balaban J connectivity index is 1.49. The number of anilines is 2. The highest BCUT2D eigenvalue weighted by Gasteiger charge is 2.13. The molecule has 0 aliphatic carbocycles. The first-order chi connectivity index (χ1) is 14.5. The average Bonchev–Trinajstić information content (AvgIpc) is 3.10. The molecule has 4 rings (SSSR count). The highest BCUT2D eigenvalue weighted by atomic mass is 16.5. The Morgan fingerprint density at radius 1 is 0.867 bits per heavy atom. The zero-order valence-corrected chi connectivity index (χ0v) is 17.6.